The molecule has 3 heteroatoms. The molecular formula is C11H22N2O. The van der Waals surface area contributed by atoms with Gasteiger partial charge in [0.1, 0.15) is 0 Å². The number of urea groups is 1. The van der Waals surface area contributed by atoms with Crippen LogP contribution in [0.3, 0.4) is 0 Å². The maximum absolute atomic E-state index is 11.4. The third-order valence-electron chi connectivity index (χ3n) is 2.85. The second-order valence-corrected chi connectivity index (χ2v) is 4.37. The van der Waals surface area contributed by atoms with Gasteiger partial charge in [-0.1, -0.05) is 20.3 Å². The Bertz CT molecular complexity index is 182. The summed E-state index contributed by atoms with van der Waals surface area (Å²) in [6.07, 6.45) is 5.72. The molecule has 1 fully saturated rings. The second kappa shape index (κ2) is 5.89. The Morgan fingerprint density at radius 1 is 1.43 bits per heavy atom. The highest BCUT2D eigenvalue weighted by Crippen LogP contribution is 2.24. The Labute approximate surface area is 86.6 Å². The van der Waals surface area contributed by atoms with Crippen molar-refractivity contribution in [3.05, 3.63) is 0 Å². The monoisotopic (exact) mass is 198 g/mol. The molecule has 0 spiro atoms. The zero-order valence-corrected chi connectivity index (χ0v) is 9.31. The van der Waals surface area contributed by atoms with Crippen LogP contribution in [0.4, 0.5) is 4.79 Å². The first-order valence-electron chi connectivity index (χ1n) is 5.76. The Balaban J connectivity index is 2.08. The van der Waals surface area contributed by atoms with Crippen molar-refractivity contribution in [3.8, 4) is 0 Å². The van der Waals surface area contributed by atoms with Gasteiger partial charge in [-0.15, -0.1) is 0 Å². The molecule has 3 nitrogen and oxygen atoms in total. The summed E-state index contributed by atoms with van der Waals surface area (Å²) in [5.41, 5.74) is 0. The average Bonchev–Trinajstić information content (AvgIpc) is 2.52. The fraction of sp³-hybridized carbons (Fsp3) is 0.909. The topological polar surface area (TPSA) is 41.1 Å². The van der Waals surface area contributed by atoms with Gasteiger partial charge in [0.05, 0.1) is 0 Å². The lowest BCUT2D eigenvalue weighted by Gasteiger charge is -2.13. The quantitative estimate of drug-likeness (QED) is 0.668. The summed E-state index contributed by atoms with van der Waals surface area (Å²) in [7, 11) is 0. The van der Waals surface area contributed by atoms with Crippen LogP contribution in [0, 0.1) is 5.92 Å². The summed E-state index contributed by atoms with van der Waals surface area (Å²) in [6, 6.07) is 0.421. The Kier molecular flexibility index (Phi) is 4.77. The molecule has 1 aliphatic carbocycles. The van der Waals surface area contributed by atoms with Gasteiger partial charge in [0, 0.05) is 12.6 Å². The van der Waals surface area contributed by atoms with E-state index < -0.39 is 0 Å². The highest BCUT2D eigenvalue weighted by molar-refractivity contribution is 5.74. The summed E-state index contributed by atoms with van der Waals surface area (Å²) in [5, 5.41) is 5.89. The van der Waals surface area contributed by atoms with Crippen LogP contribution < -0.4 is 10.6 Å². The number of nitrogens with one attached hydrogen (secondary N) is 2. The number of amides is 2. The van der Waals surface area contributed by atoms with E-state index in [9.17, 15) is 4.79 Å². The fourth-order valence-electron chi connectivity index (χ4n) is 1.95. The van der Waals surface area contributed by atoms with Crippen molar-refractivity contribution < 1.29 is 4.79 Å². The number of hydrogen-bond acceptors (Lipinski definition) is 1. The summed E-state index contributed by atoms with van der Waals surface area (Å²) >= 11 is 0. The van der Waals surface area contributed by atoms with Gasteiger partial charge in [0.25, 0.3) is 0 Å². The van der Waals surface area contributed by atoms with Crippen molar-refractivity contribution in [2.75, 3.05) is 6.54 Å². The minimum absolute atomic E-state index is 0.0116. The Hall–Kier alpha value is -0.730. The molecule has 0 bridgehead atoms. The largest absolute Gasteiger partial charge is 0.338 e. The number of rotatable bonds is 4. The minimum atomic E-state index is 0.0116. The third kappa shape index (κ3) is 3.99. The van der Waals surface area contributed by atoms with Crippen molar-refractivity contribution in [1.29, 1.82) is 0 Å². The average molecular weight is 198 g/mol. The standard InChI is InChI=1S/C11H22N2O/c1-3-4-7-12-11(14)13-10-6-5-9(2)8-10/h9-10H,3-8H2,1-2H3,(H2,12,13,14). The van der Waals surface area contributed by atoms with Gasteiger partial charge in [0.2, 0.25) is 0 Å². The molecule has 0 saturated heterocycles. The van der Waals surface area contributed by atoms with Crippen LogP contribution in [0.25, 0.3) is 0 Å². The van der Waals surface area contributed by atoms with Crippen LogP contribution in [0.2, 0.25) is 0 Å². The molecule has 1 aliphatic rings. The lowest BCUT2D eigenvalue weighted by molar-refractivity contribution is 0.236. The smallest absolute Gasteiger partial charge is 0.315 e. The Morgan fingerprint density at radius 2 is 2.21 bits per heavy atom. The molecule has 2 amide bonds. The molecule has 2 atom stereocenters. The van der Waals surface area contributed by atoms with E-state index in [2.05, 4.69) is 24.5 Å². The molecule has 0 aromatic rings. The summed E-state index contributed by atoms with van der Waals surface area (Å²) in [5.74, 6) is 0.774. The SMILES string of the molecule is CCCCNC(=O)NC1CCC(C)C1. The van der Waals surface area contributed by atoms with Crippen molar-refractivity contribution >= 4 is 6.03 Å². The highest BCUT2D eigenvalue weighted by atomic mass is 16.2. The maximum Gasteiger partial charge on any atom is 0.315 e. The van der Waals surface area contributed by atoms with Crippen molar-refractivity contribution in [2.45, 2.75) is 52.0 Å². The van der Waals surface area contributed by atoms with E-state index in [1.165, 1.54) is 6.42 Å². The van der Waals surface area contributed by atoms with Crippen LogP contribution in [0.5, 0.6) is 0 Å². The van der Waals surface area contributed by atoms with Gasteiger partial charge in [-0.05, 0) is 31.6 Å². The maximum atomic E-state index is 11.4. The van der Waals surface area contributed by atoms with Gasteiger partial charge < -0.3 is 10.6 Å². The van der Waals surface area contributed by atoms with Crippen LogP contribution in [-0.4, -0.2) is 18.6 Å². The summed E-state index contributed by atoms with van der Waals surface area (Å²) in [4.78, 5) is 11.4. The predicted molar refractivity (Wildman–Crippen MR) is 58.2 cm³/mol. The van der Waals surface area contributed by atoms with Gasteiger partial charge in [-0.25, -0.2) is 4.79 Å². The summed E-state index contributed by atoms with van der Waals surface area (Å²) < 4.78 is 0. The fourth-order valence-corrected chi connectivity index (χ4v) is 1.95. The minimum Gasteiger partial charge on any atom is -0.338 e. The second-order valence-electron chi connectivity index (χ2n) is 4.37. The van der Waals surface area contributed by atoms with E-state index >= 15 is 0 Å². The Morgan fingerprint density at radius 3 is 2.79 bits per heavy atom. The number of unbranched alkanes of at least 4 members (excludes halogenated alkanes) is 1. The molecule has 0 aromatic heterocycles. The van der Waals surface area contributed by atoms with E-state index in [-0.39, 0.29) is 6.03 Å². The lowest BCUT2D eigenvalue weighted by Crippen LogP contribution is -2.41. The van der Waals surface area contributed by atoms with E-state index in [4.69, 9.17) is 0 Å². The van der Waals surface area contributed by atoms with E-state index in [1.807, 2.05) is 0 Å². The van der Waals surface area contributed by atoms with Gasteiger partial charge in [-0.2, -0.15) is 0 Å². The molecule has 0 radical (unpaired) electrons. The molecule has 0 aromatic carbocycles. The number of carbonyl (C=O) groups is 1. The number of hydrogen-bond donors (Lipinski definition) is 2. The molecule has 1 rings (SSSR count). The van der Waals surface area contributed by atoms with Crippen molar-refractivity contribution in [3.63, 3.8) is 0 Å². The third-order valence-corrected chi connectivity index (χ3v) is 2.85. The van der Waals surface area contributed by atoms with Gasteiger partial charge in [-0.3, -0.25) is 0 Å². The lowest BCUT2D eigenvalue weighted by atomic mass is 10.1. The molecule has 82 valence electrons. The normalized spacial score (nSPS) is 26.1. The number of carbonyl (C=O) groups excluding carboxylic acids is 1. The van der Waals surface area contributed by atoms with Crippen LogP contribution in [0.15, 0.2) is 0 Å². The predicted octanol–water partition coefficient (Wildman–Crippen LogP) is 2.27. The molecule has 2 unspecified atom stereocenters. The first-order chi connectivity index (χ1) is 6.72. The van der Waals surface area contributed by atoms with E-state index in [0.29, 0.717) is 6.04 Å². The van der Waals surface area contributed by atoms with Gasteiger partial charge in [0.15, 0.2) is 0 Å². The van der Waals surface area contributed by atoms with E-state index in [0.717, 1.165) is 38.1 Å². The van der Waals surface area contributed by atoms with Crippen LogP contribution in [0.1, 0.15) is 46.0 Å². The molecular weight excluding hydrogens is 176 g/mol. The van der Waals surface area contributed by atoms with E-state index in [1.54, 1.807) is 0 Å². The molecule has 14 heavy (non-hydrogen) atoms. The zero-order chi connectivity index (χ0) is 10.4. The van der Waals surface area contributed by atoms with Crippen LogP contribution in [-0.2, 0) is 0 Å². The van der Waals surface area contributed by atoms with Crippen molar-refractivity contribution in [2.24, 2.45) is 5.92 Å². The zero-order valence-electron chi connectivity index (χ0n) is 9.31. The highest BCUT2D eigenvalue weighted by Gasteiger charge is 2.22. The van der Waals surface area contributed by atoms with Gasteiger partial charge >= 0.3 is 6.03 Å². The molecule has 0 aliphatic heterocycles. The first-order valence-corrected chi connectivity index (χ1v) is 5.76. The van der Waals surface area contributed by atoms with Crippen LogP contribution >= 0.6 is 0 Å². The molecule has 0 heterocycles. The molecule has 1 saturated carbocycles. The first kappa shape index (κ1) is 11.3. The summed E-state index contributed by atoms with van der Waals surface area (Å²) in [6.45, 7) is 5.17. The van der Waals surface area contributed by atoms with Crippen molar-refractivity contribution in [1.82, 2.24) is 10.6 Å². The molecule has 2 N–H and O–H groups in total.